The molecule has 8 nitrogen and oxygen atoms in total. The van der Waals surface area contributed by atoms with E-state index in [1.807, 2.05) is 30.3 Å². The highest BCUT2D eigenvalue weighted by atomic mass is 16.6. The number of alkyl carbamates (subject to hydrolysis) is 1. The summed E-state index contributed by atoms with van der Waals surface area (Å²) in [6.07, 6.45) is 2.03. The number of anilines is 1. The van der Waals surface area contributed by atoms with E-state index in [-0.39, 0.29) is 6.61 Å². The Hall–Kier alpha value is -3.42. The second kappa shape index (κ2) is 9.66. The number of nitrogens with one attached hydrogen (secondary N) is 2. The minimum absolute atomic E-state index is 0.0872. The third-order valence-electron chi connectivity index (χ3n) is 3.01. The monoisotopic (exact) mass is 342 g/mol. The lowest BCUT2D eigenvalue weighted by Crippen LogP contribution is -2.43. The fourth-order valence-corrected chi connectivity index (χ4v) is 1.78. The largest absolute Gasteiger partial charge is 0.467 e. The van der Waals surface area contributed by atoms with Crippen LogP contribution < -0.4 is 10.7 Å². The Bertz CT molecular complexity index is 707. The van der Waals surface area contributed by atoms with Crippen LogP contribution >= 0.6 is 0 Å². The van der Waals surface area contributed by atoms with Crippen molar-refractivity contribution in [2.24, 2.45) is 5.10 Å². The normalized spacial score (nSPS) is 11.6. The highest BCUT2D eigenvalue weighted by Crippen LogP contribution is 2.01. The van der Waals surface area contributed by atoms with Crippen molar-refractivity contribution in [1.82, 2.24) is 10.3 Å². The van der Waals surface area contributed by atoms with Crippen LogP contribution in [0.5, 0.6) is 0 Å². The van der Waals surface area contributed by atoms with Crippen LogP contribution in [0.4, 0.5) is 10.6 Å². The molecule has 0 saturated heterocycles. The number of aromatic nitrogens is 1. The zero-order chi connectivity index (χ0) is 17.9. The van der Waals surface area contributed by atoms with E-state index in [1.165, 1.54) is 13.3 Å². The zero-order valence-electron chi connectivity index (χ0n) is 13.6. The Balaban J connectivity index is 1.88. The molecule has 0 spiro atoms. The SMILES string of the molecule is COC(=O)C(/C=N/Nc1ccccn1)NC(=O)OCc1ccccc1. The topological polar surface area (TPSA) is 102 Å². The van der Waals surface area contributed by atoms with Crippen LogP contribution in [0.2, 0.25) is 0 Å². The molecule has 1 aromatic carbocycles. The summed E-state index contributed by atoms with van der Waals surface area (Å²) >= 11 is 0. The number of hydrazone groups is 1. The van der Waals surface area contributed by atoms with Crippen molar-refractivity contribution in [2.75, 3.05) is 12.5 Å². The summed E-state index contributed by atoms with van der Waals surface area (Å²) in [5.74, 6) is -0.183. The molecule has 1 atom stereocenters. The molecule has 2 rings (SSSR count). The number of nitrogens with zero attached hydrogens (tertiary/aromatic N) is 2. The number of hydrogen-bond acceptors (Lipinski definition) is 7. The van der Waals surface area contributed by atoms with Crippen LogP contribution in [-0.2, 0) is 20.9 Å². The highest BCUT2D eigenvalue weighted by molar-refractivity contribution is 5.97. The average Bonchev–Trinajstić information content (AvgIpc) is 2.66. The van der Waals surface area contributed by atoms with Gasteiger partial charge in [0.25, 0.3) is 0 Å². The number of pyridine rings is 1. The number of carbonyl (C=O) groups excluding carboxylic acids is 2. The number of carbonyl (C=O) groups is 2. The lowest BCUT2D eigenvalue weighted by Gasteiger charge is -2.12. The van der Waals surface area contributed by atoms with Crippen molar-refractivity contribution in [3.05, 3.63) is 60.3 Å². The summed E-state index contributed by atoms with van der Waals surface area (Å²) < 4.78 is 9.70. The average molecular weight is 342 g/mol. The third kappa shape index (κ3) is 6.30. The number of rotatable bonds is 7. The number of benzene rings is 1. The predicted octanol–water partition coefficient (Wildman–Crippen LogP) is 1.95. The molecule has 0 aliphatic heterocycles. The number of esters is 1. The van der Waals surface area contributed by atoms with Gasteiger partial charge in [-0.2, -0.15) is 5.10 Å². The Labute approximate surface area is 144 Å². The Morgan fingerprint density at radius 1 is 1.20 bits per heavy atom. The highest BCUT2D eigenvalue weighted by Gasteiger charge is 2.20. The van der Waals surface area contributed by atoms with Crippen LogP contribution in [0.15, 0.2) is 59.8 Å². The van der Waals surface area contributed by atoms with Crippen molar-refractivity contribution in [3.63, 3.8) is 0 Å². The van der Waals surface area contributed by atoms with Crippen molar-refractivity contribution < 1.29 is 19.1 Å². The van der Waals surface area contributed by atoms with Crippen molar-refractivity contribution >= 4 is 24.1 Å². The molecular weight excluding hydrogens is 324 g/mol. The molecule has 1 unspecified atom stereocenters. The molecule has 2 N–H and O–H groups in total. The van der Waals surface area contributed by atoms with Crippen molar-refractivity contribution in [2.45, 2.75) is 12.6 Å². The molecule has 8 heteroatoms. The van der Waals surface area contributed by atoms with Gasteiger partial charge in [0, 0.05) is 6.20 Å². The molecular formula is C17H18N4O4. The molecule has 1 aromatic heterocycles. The molecule has 0 aliphatic carbocycles. The maximum atomic E-state index is 11.8. The van der Waals surface area contributed by atoms with Crippen LogP contribution in [0.25, 0.3) is 0 Å². The van der Waals surface area contributed by atoms with E-state index in [0.29, 0.717) is 5.82 Å². The van der Waals surface area contributed by atoms with Crippen molar-refractivity contribution in [1.29, 1.82) is 0 Å². The van der Waals surface area contributed by atoms with Crippen molar-refractivity contribution in [3.8, 4) is 0 Å². The quantitative estimate of drug-likeness (QED) is 0.453. The van der Waals surface area contributed by atoms with Gasteiger partial charge in [-0.1, -0.05) is 36.4 Å². The van der Waals surface area contributed by atoms with Gasteiger partial charge in [-0.3, -0.25) is 5.43 Å². The van der Waals surface area contributed by atoms with E-state index in [2.05, 4.69) is 25.6 Å². The summed E-state index contributed by atoms with van der Waals surface area (Å²) in [4.78, 5) is 27.6. The first-order valence-corrected chi connectivity index (χ1v) is 7.44. The first-order valence-electron chi connectivity index (χ1n) is 7.44. The van der Waals surface area contributed by atoms with Gasteiger partial charge in [0.2, 0.25) is 0 Å². The van der Waals surface area contributed by atoms with Crippen LogP contribution in [-0.4, -0.2) is 36.4 Å². The van der Waals surface area contributed by atoms with Gasteiger partial charge in [-0.15, -0.1) is 0 Å². The van der Waals surface area contributed by atoms with Gasteiger partial charge in [-0.25, -0.2) is 14.6 Å². The van der Waals surface area contributed by atoms with Gasteiger partial charge in [0.15, 0.2) is 6.04 Å². The number of amides is 1. The Kier molecular flexibility index (Phi) is 6.93. The Morgan fingerprint density at radius 3 is 2.64 bits per heavy atom. The zero-order valence-corrected chi connectivity index (χ0v) is 13.6. The second-order valence-corrected chi connectivity index (χ2v) is 4.81. The summed E-state index contributed by atoms with van der Waals surface area (Å²) in [5, 5.41) is 6.25. The van der Waals surface area contributed by atoms with Gasteiger partial charge in [0.05, 0.1) is 13.3 Å². The minimum atomic E-state index is -1.09. The lowest BCUT2D eigenvalue weighted by molar-refractivity contribution is -0.141. The molecule has 0 radical (unpaired) electrons. The van der Waals surface area contributed by atoms with Crippen LogP contribution in [0.1, 0.15) is 5.56 Å². The summed E-state index contributed by atoms with van der Waals surface area (Å²) in [6.45, 7) is 0.0872. The van der Waals surface area contributed by atoms with Gasteiger partial charge >= 0.3 is 12.1 Å². The molecule has 1 amide bonds. The predicted molar refractivity (Wildman–Crippen MR) is 91.9 cm³/mol. The number of hydrogen-bond donors (Lipinski definition) is 2. The Morgan fingerprint density at radius 2 is 1.96 bits per heavy atom. The number of ether oxygens (including phenoxy) is 2. The molecule has 0 bridgehead atoms. The van der Waals surface area contributed by atoms with E-state index in [1.54, 1.807) is 24.4 Å². The summed E-state index contributed by atoms with van der Waals surface area (Å²) in [6, 6.07) is 13.3. The molecule has 2 aromatic rings. The van der Waals surface area contributed by atoms with E-state index >= 15 is 0 Å². The summed E-state index contributed by atoms with van der Waals surface area (Å²) in [5.41, 5.74) is 3.47. The van der Waals surface area contributed by atoms with E-state index in [9.17, 15) is 9.59 Å². The molecule has 130 valence electrons. The number of methoxy groups -OCH3 is 1. The van der Waals surface area contributed by atoms with Gasteiger partial charge in [0.1, 0.15) is 12.4 Å². The molecule has 1 heterocycles. The van der Waals surface area contributed by atoms with E-state index < -0.39 is 18.1 Å². The van der Waals surface area contributed by atoms with Gasteiger partial charge in [-0.05, 0) is 17.7 Å². The van der Waals surface area contributed by atoms with Crippen LogP contribution in [0.3, 0.4) is 0 Å². The first-order chi connectivity index (χ1) is 12.2. The molecule has 0 fully saturated rings. The first kappa shape index (κ1) is 17.9. The maximum Gasteiger partial charge on any atom is 0.408 e. The summed E-state index contributed by atoms with van der Waals surface area (Å²) in [7, 11) is 1.21. The molecule has 0 saturated carbocycles. The van der Waals surface area contributed by atoms with Gasteiger partial charge < -0.3 is 14.8 Å². The molecule has 0 aliphatic rings. The smallest absolute Gasteiger partial charge is 0.408 e. The van der Waals surface area contributed by atoms with Crippen LogP contribution in [0, 0.1) is 0 Å². The molecule has 25 heavy (non-hydrogen) atoms. The lowest BCUT2D eigenvalue weighted by atomic mass is 10.2. The van der Waals surface area contributed by atoms with E-state index in [4.69, 9.17) is 4.74 Å². The fourth-order valence-electron chi connectivity index (χ4n) is 1.78. The second-order valence-electron chi connectivity index (χ2n) is 4.81. The standard InChI is InChI=1S/C17H18N4O4/c1-24-16(22)14(11-19-21-15-9-5-6-10-18-15)20-17(23)25-12-13-7-3-2-4-8-13/h2-11,14H,12H2,1H3,(H,18,21)(H,20,23)/b19-11+. The third-order valence-corrected chi connectivity index (χ3v) is 3.01. The van der Waals surface area contributed by atoms with E-state index in [0.717, 1.165) is 5.56 Å². The fraction of sp³-hybridized carbons (Fsp3) is 0.176. The minimum Gasteiger partial charge on any atom is -0.467 e. The maximum absolute atomic E-state index is 11.8.